The second-order valence-corrected chi connectivity index (χ2v) is 7.24. The molecule has 1 aromatic rings. The number of hydrogen-bond donors (Lipinski definition) is 2. The van der Waals surface area contributed by atoms with Crippen molar-refractivity contribution in [2.24, 2.45) is 0 Å². The van der Waals surface area contributed by atoms with E-state index in [9.17, 15) is 4.79 Å². The standard InChI is InChI=1S/C18H26N4O4/c1-24-10-15(23)20-13-8-25-17-14(9-26-16(13)17)22-18-19-7-6-12(21-18)11-4-2-3-5-11/h6-7,11,13-14,16-17H,2-5,8-10H2,1H3,(H,20,23)(H,19,21,22)/t13-,14-,16+,17+/m0/s1. The molecule has 2 N–H and O–H groups in total. The second kappa shape index (κ2) is 7.85. The van der Waals surface area contributed by atoms with Crippen molar-refractivity contribution in [3.8, 4) is 0 Å². The summed E-state index contributed by atoms with van der Waals surface area (Å²) in [5, 5.41) is 6.27. The summed E-state index contributed by atoms with van der Waals surface area (Å²) in [6.07, 6.45) is 6.51. The Morgan fingerprint density at radius 2 is 1.96 bits per heavy atom. The van der Waals surface area contributed by atoms with Gasteiger partial charge in [0.15, 0.2) is 0 Å². The SMILES string of the molecule is COCC(=O)N[C@H]1CO[C@H]2[C@@H]1OC[C@@H]2Nc1nccc(C2CCCC2)n1. The molecule has 1 amide bonds. The van der Waals surface area contributed by atoms with Gasteiger partial charge in [-0.1, -0.05) is 12.8 Å². The molecule has 0 spiro atoms. The lowest BCUT2D eigenvalue weighted by Crippen LogP contribution is -2.45. The van der Waals surface area contributed by atoms with E-state index < -0.39 is 0 Å². The minimum Gasteiger partial charge on any atom is -0.375 e. The summed E-state index contributed by atoms with van der Waals surface area (Å²) in [4.78, 5) is 20.8. The van der Waals surface area contributed by atoms with Gasteiger partial charge in [0.25, 0.3) is 0 Å². The van der Waals surface area contributed by atoms with Gasteiger partial charge in [0.1, 0.15) is 18.8 Å². The van der Waals surface area contributed by atoms with Crippen molar-refractivity contribution in [1.82, 2.24) is 15.3 Å². The molecule has 1 saturated carbocycles. The lowest BCUT2D eigenvalue weighted by molar-refractivity contribution is -0.126. The first-order valence-corrected chi connectivity index (χ1v) is 9.35. The number of rotatable bonds is 6. The average Bonchev–Trinajstić information content (AvgIpc) is 3.36. The Hall–Kier alpha value is -1.77. The quantitative estimate of drug-likeness (QED) is 0.774. The maximum Gasteiger partial charge on any atom is 0.246 e. The Morgan fingerprint density at radius 1 is 1.23 bits per heavy atom. The first-order chi connectivity index (χ1) is 12.7. The van der Waals surface area contributed by atoms with Crippen LogP contribution in [0.1, 0.15) is 37.3 Å². The molecule has 0 aromatic carbocycles. The molecule has 8 nitrogen and oxygen atoms in total. The highest BCUT2D eigenvalue weighted by Crippen LogP contribution is 2.33. The van der Waals surface area contributed by atoms with E-state index in [4.69, 9.17) is 19.2 Å². The number of hydrogen-bond acceptors (Lipinski definition) is 7. The van der Waals surface area contributed by atoms with E-state index in [1.165, 1.54) is 32.8 Å². The Kier molecular flexibility index (Phi) is 5.33. The van der Waals surface area contributed by atoms with E-state index in [1.54, 1.807) is 0 Å². The number of amides is 1. The Balaban J connectivity index is 1.37. The molecular formula is C18H26N4O4. The highest BCUT2D eigenvalue weighted by Gasteiger charge is 2.48. The lowest BCUT2D eigenvalue weighted by atomic mass is 10.0. The molecular weight excluding hydrogens is 336 g/mol. The molecule has 2 aliphatic heterocycles. The van der Waals surface area contributed by atoms with Crippen LogP contribution in [0.3, 0.4) is 0 Å². The summed E-state index contributed by atoms with van der Waals surface area (Å²) in [7, 11) is 1.50. The predicted molar refractivity (Wildman–Crippen MR) is 93.9 cm³/mol. The fourth-order valence-electron chi connectivity index (χ4n) is 4.18. The van der Waals surface area contributed by atoms with Crippen molar-refractivity contribution in [3.63, 3.8) is 0 Å². The van der Waals surface area contributed by atoms with Crippen LogP contribution in [0.5, 0.6) is 0 Å². The fraction of sp³-hybridized carbons (Fsp3) is 0.722. The average molecular weight is 362 g/mol. The largest absolute Gasteiger partial charge is 0.375 e. The predicted octanol–water partition coefficient (Wildman–Crippen LogP) is 0.844. The highest BCUT2D eigenvalue weighted by molar-refractivity contribution is 5.77. The van der Waals surface area contributed by atoms with Crippen molar-refractivity contribution < 1.29 is 19.0 Å². The molecule has 1 aliphatic carbocycles. The van der Waals surface area contributed by atoms with Gasteiger partial charge >= 0.3 is 0 Å². The summed E-state index contributed by atoms with van der Waals surface area (Å²) >= 11 is 0. The molecule has 0 unspecified atom stereocenters. The van der Waals surface area contributed by atoms with Crippen LogP contribution < -0.4 is 10.6 Å². The topological polar surface area (TPSA) is 94.6 Å². The second-order valence-electron chi connectivity index (χ2n) is 7.24. The van der Waals surface area contributed by atoms with Crippen LogP contribution in [0.15, 0.2) is 12.3 Å². The third-order valence-corrected chi connectivity index (χ3v) is 5.44. The van der Waals surface area contributed by atoms with Gasteiger partial charge in [-0.05, 0) is 18.9 Å². The van der Waals surface area contributed by atoms with E-state index in [1.807, 2.05) is 12.3 Å². The zero-order chi connectivity index (χ0) is 17.9. The van der Waals surface area contributed by atoms with Gasteiger partial charge in [-0.25, -0.2) is 9.97 Å². The number of anilines is 1. The van der Waals surface area contributed by atoms with Crippen LogP contribution in [0, 0.1) is 0 Å². The molecule has 4 atom stereocenters. The lowest BCUT2D eigenvalue weighted by Gasteiger charge is -2.19. The molecule has 4 rings (SSSR count). The van der Waals surface area contributed by atoms with E-state index in [2.05, 4.69) is 15.6 Å². The van der Waals surface area contributed by atoms with Crippen LogP contribution in [0.25, 0.3) is 0 Å². The maximum atomic E-state index is 11.7. The number of ether oxygens (including phenoxy) is 3. The Morgan fingerprint density at radius 3 is 2.73 bits per heavy atom. The molecule has 142 valence electrons. The minimum absolute atomic E-state index is 0.0249. The number of nitrogens with one attached hydrogen (secondary N) is 2. The molecule has 2 saturated heterocycles. The monoisotopic (exact) mass is 362 g/mol. The number of fused-ring (bicyclic) bond motifs is 1. The highest BCUT2D eigenvalue weighted by atomic mass is 16.6. The van der Waals surface area contributed by atoms with Crippen LogP contribution in [-0.2, 0) is 19.0 Å². The van der Waals surface area contributed by atoms with Crippen LogP contribution in [0.2, 0.25) is 0 Å². The van der Waals surface area contributed by atoms with Crippen molar-refractivity contribution in [3.05, 3.63) is 18.0 Å². The van der Waals surface area contributed by atoms with E-state index >= 15 is 0 Å². The zero-order valence-electron chi connectivity index (χ0n) is 15.0. The normalized spacial score (nSPS) is 31.1. The van der Waals surface area contributed by atoms with Gasteiger partial charge in [0.2, 0.25) is 11.9 Å². The zero-order valence-corrected chi connectivity index (χ0v) is 15.0. The van der Waals surface area contributed by atoms with Crippen molar-refractivity contribution in [2.75, 3.05) is 32.2 Å². The van der Waals surface area contributed by atoms with Crippen LogP contribution in [0.4, 0.5) is 5.95 Å². The summed E-state index contributed by atoms with van der Waals surface area (Å²) < 4.78 is 16.6. The summed E-state index contributed by atoms with van der Waals surface area (Å²) in [5.41, 5.74) is 1.12. The fourth-order valence-corrected chi connectivity index (χ4v) is 4.18. The summed E-state index contributed by atoms with van der Waals surface area (Å²) in [6.45, 7) is 0.978. The number of methoxy groups -OCH3 is 1. The Labute approximate surface area is 153 Å². The van der Waals surface area contributed by atoms with Gasteiger partial charge < -0.3 is 24.8 Å². The molecule has 0 radical (unpaired) electrons. The van der Waals surface area contributed by atoms with Crippen molar-refractivity contribution >= 4 is 11.9 Å². The molecule has 3 aliphatic rings. The Bertz CT molecular complexity index is 637. The van der Waals surface area contributed by atoms with E-state index in [0.29, 0.717) is 25.1 Å². The molecule has 0 bridgehead atoms. The van der Waals surface area contributed by atoms with Crippen LogP contribution in [-0.4, -0.2) is 67.1 Å². The van der Waals surface area contributed by atoms with E-state index in [0.717, 1.165) is 5.69 Å². The third kappa shape index (κ3) is 3.67. The number of carbonyl (C=O) groups excluding carboxylic acids is 1. The number of nitrogens with zero attached hydrogens (tertiary/aromatic N) is 2. The van der Waals surface area contributed by atoms with Crippen LogP contribution >= 0.6 is 0 Å². The molecule has 8 heteroatoms. The smallest absolute Gasteiger partial charge is 0.246 e. The first-order valence-electron chi connectivity index (χ1n) is 9.35. The molecule has 26 heavy (non-hydrogen) atoms. The van der Waals surface area contributed by atoms with Gasteiger partial charge in [-0.3, -0.25) is 4.79 Å². The minimum atomic E-state index is -0.161. The maximum absolute atomic E-state index is 11.7. The van der Waals surface area contributed by atoms with E-state index in [-0.39, 0.29) is 36.8 Å². The van der Waals surface area contributed by atoms with Gasteiger partial charge in [-0.15, -0.1) is 0 Å². The number of carbonyl (C=O) groups is 1. The first kappa shape index (κ1) is 17.6. The summed E-state index contributed by atoms with van der Waals surface area (Å²) in [5.74, 6) is 1.02. The van der Waals surface area contributed by atoms with Gasteiger partial charge in [0.05, 0.1) is 25.3 Å². The molecule has 1 aromatic heterocycles. The molecule has 3 fully saturated rings. The summed E-state index contributed by atoms with van der Waals surface area (Å²) in [6, 6.07) is 1.84. The van der Waals surface area contributed by atoms with Crippen molar-refractivity contribution in [2.45, 2.75) is 55.9 Å². The number of aromatic nitrogens is 2. The van der Waals surface area contributed by atoms with Crippen molar-refractivity contribution in [1.29, 1.82) is 0 Å². The van der Waals surface area contributed by atoms with Gasteiger partial charge in [0, 0.05) is 24.9 Å². The third-order valence-electron chi connectivity index (χ3n) is 5.44. The van der Waals surface area contributed by atoms with Gasteiger partial charge in [-0.2, -0.15) is 0 Å². The molecule has 3 heterocycles.